The largest absolute Gasteiger partial charge is 0.374 e. The molecule has 6 heteroatoms. The summed E-state index contributed by atoms with van der Waals surface area (Å²) in [5, 5.41) is 9.99. The summed E-state index contributed by atoms with van der Waals surface area (Å²) in [6.07, 6.45) is 1.99. The lowest BCUT2D eigenvalue weighted by atomic mass is 10.2. The zero-order chi connectivity index (χ0) is 14.8. The standard InChI is InChI=1S/C15H18N4O2/c1-9(15-17-10(2)19-21-15)16-12-4-3-5-13(8-12)18-14(20)11-6-7-11/h3-5,8-9,11,16H,6-7H2,1-2H3,(H,18,20)/t9-/m0/s1. The lowest BCUT2D eigenvalue weighted by molar-refractivity contribution is -0.117. The summed E-state index contributed by atoms with van der Waals surface area (Å²) in [6.45, 7) is 3.73. The topological polar surface area (TPSA) is 80.0 Å². The van der Waals surface area contributed by atoms with Gasteiger partial charge in [-0.25, -0.2) is 0 Å². The first-order valence-corrected chi connectivity index (χ1v) is 7.09. The van der Waals surface area contributed by atoms with E-state index >= 15 is 0 Å². The highest BCUT2D eigenvalue weighted by atomic mass is 16.5. The van der Waals surface area contributed by atoms with E-state index in [0.717, 1.165) is 24.2 Å². The van der Waals surface area contributed by atoms with E-state index in [4.69, 9.17) is 4.52 Å². The Hall–Kier alpha value is -2.37. The Kier molecular flexibility index (Phi) is 3.60. The van der Waals surface area contributed by atoms with Crippen LogP contribution in [-0.4, -0.2) is 16.0 Å². The van der Waals surface area contributed by atoms with Gasteiger partial charge in [0.05, 0.1) is 0 Å². The second-order valence-electron chi connectivity index (χ2n) is 5.39. The van der Waals surface area contributed by atoms with Gasteiger partial charge in [-0.3, -0.25) is 4.79 Å². The summed E-state index contributed by atoms with van der Waals surface area (Å²) in [5.74, 6) is 1.46. The van der Waals surface area contributed by atoms with Gasteiger partial charge >= 0.3 is 0 Å². The number of aromatic nitrogens is 2. The average molecular weight is 286 g/mol. The van der Waals surface area contributed by atoms with E-state index in [0.29, 0.717) is 11.7 Å². The highest BCUT2D eigenvalue weighted by molar-refractivity contribution is 5.94. The number of anilines is 2. The molecular weight excluding hydrogens is 268 g/mol. The fourth-order valence-electron chi connectivity index (χ4n) is 2.08. The molecule has 1 aromatic heterocycles. The summed E-state index contributed by atoms with van der Waals surface area (Å²) < 4.78 is 5.14. The van der Waals surface area contributed by atoms with Gasteiger partial charge in [0.2, 0.25) is 11.8 Å². The van der Waals surface area contributed by atoms with E-state index in [9.17, 15) is 4.79 Å². The molecule has 1 amide bonds. The fourth-order valence-corrected chi connectivity index (χ4v) is 2.08. The van der Waals surface area contributed by atoms with Crippen molar-refractivity contribution in [3.8, 4) is 0 Å². The fraction of sp³-hybridized carbons (Fsp3) is 0.400. The maximum Gasteiger partial charge on any atom is 0.248 e. The second kappa shape index (κ2) is 5.55. The zero-order valence-electron chi connectivity index (χ0n) is 12.1. The molecule has 3 rings (SSSR count). The molecule has 2 aromatic rings. The summed E-state index contributed by atoms with van der Waals surface area (Å²) in [7, 11) is 0. The Morgan fingerprint density at radius 2 is 2.14 bits per heavy atom. The molecule has 1 fully saturated rings. The molecule has 0 bridgehead atoms. The van der Waals surface area contributed by atoms with Gasteiger partial charge in [-0.05, 0) is 44.9 Å². The SMILES string of the molecule is Cc1noc([C@H](C)Nc2cccc(NC(=O)C3CC3)c2)n1. The first-order chi connectivity index (χ1) is 10.1. The molecule has 0 unspecified atom stereocenters. The third-order valence-electron chi connectivity index (χ3n) is 3.38. The van der Waals surface area contributed by atoms with E-state index < -0.39 is 0 Å². The van der Waals surface area contributed by atoms with E-state index in [2.05, 4.69) is 20.8 Å². The van der Waals surface area contributed by atoms with Crippen molar-refractivity contribution in [1.82, 2.24) is 10.1 Å². The molecule has 1 saturated carbocycles. The molecule has 0 aliphatic heterocycles. The smallest absolute Gasteiger partial charge is 0.248 e. The highest BCUT2D eigenvalue weighted by Crippen LogP contribution is 2.30. The molecule has 1 atom stereocenters. The van der Waals surface area contributed by atoms with Crippen LogP contribution in [0.2, 0.25) is 0 Å². The summed E-state index contributed by atoms with van der Waals surface area (Å²) in [4.78, 5) is 16.0. The number of aryl methyl sites for hydroxylation is 1. The highest BCUT2D eigenvalue weighted by Gasteiger charge is 2.29. The van der Waals surface area contributed by atoms with E-state index in [1.807, 2.05) is 31.2 Å². The molecule has 1 aliphatic carbocycles. The van der Waals surface area contributed by atoms with Gasteiger partial charge in [0.15, 0.2) is 5.82 Å². The summed E-state index contributed by atoms with van der Waals surface area (Å²) >= 11 is 0. The minimum absolute atomic E-state index is 0.0967. The van der Waals surface area contributed by atoms with Crippen LogP contribution in [0.3, 0.4) is 0 Å². The molecule has 110 valence electrons. The number of rotatable bonds is 5. The van der Waals surface area contributed by atoms with Crippen molar-refractivity contribution in [2.24, 2.45) is 5.92 Å². The van der Waals surface area contributed by atoms with Crippen LogP contribution in [-0.2, 0) is 4.79 Å². The minimum Gasteiger partial charge on any atom is -0.374 e. The molecule has 2 N–H and O–H groups in total. The number of amides is 1. The maximum atomic E-state index is 11.8. The molecule has 1 aliphatic rings. The van der Waals surface area contributed by atoms with Gasteiger partial charge in [-0.2, -0.15) is 4.98 Å². The molecule has 6 nitrogen and oxygen atoms in total. The van der Waals surface area contributed by atoms with E-state index in [-0.39, 0.29) is 17.9 Å². The maximum absolute atomic E-state index is 11.8. The van der Waals surface area contributed by atoms with Crippen molar-refractivity contribution in [2.75, 3.05) is 10.6 Å². The average Bonchev–Trinajstić information content (AvgIpc) is 3.21. The van der Waals surface area contributed by atoms with Crippen LogP contribution < -0.4 is 10.6 Å². The van der Waals surface area contributed by atoms with Crippen LogP contribution in [0.15, 0.2) is 28.8 Å². The number of nitrogens with one attached hydrogen (secondary N) is 2. The number of hydrogen-bond donors (Lipinski definition) is 2. The molecule has 1 heterocycles. The lowest BCUT2D eigenvalue weighted by Crippen LogP contribution is -2.13. The molecule has 0 radical (unpaired) electrons. The van der Waals surface area contributed by atoms with Gasteiger partial charge in [-0.1, -0.05) is 11.2 Å². The van der Waals surface area contributed by atoms with Gasteiger partial charge in [-0.15, -0.1) is 0 Å². The monoisotopic (exact) mass is 286 g/mol. The zero-order valence-corrected chi connectivity index (χ0v) is 12.1. The molecule has 21 heavy (non-hydrogen) atoms. The lowest BCUT2D eigenvalue weighted by Gasteiger charge is -2.12. The molecular formula is C15H18N4O2. The van der Waals surface area contributed by atoms with Crippen LogP contribution in [0.1, 0.15) is 37.5 Å². The number of benzene rings is 1. The Morgan fingerprint density at radius 3 is 2.81 bits per heavy atom. The number of carbonyl (C=O) groups excluding carboxylic acids is 1. The number of carbonyl (C=O) groups is 1. The van der Waals surface area contributed by atoms with Crippen LogP contribution >= 0.6 is 0 Å². The normalized spacial score (nSPS) is 15.5. The van der Waals surface area contributed by atoms with Gasteiger partial charge < -0.3 is 15.2 Å². The Bertz CT molecular complexity index is 649. The van der Waals surface area contributed by atoms with Crippen molar-refractivity contribution >= 4 is 17.3 Å². The third kappa shape index (κ3) is 3.39. The first kappa shape index (κ1) is 13.6. The minimum atomic E-state index is -0.0967. The Balaban J connectivity index is 1.66. The second-order valence-corrected chi connectivity index (χ2v) is 5.39. The van der Waals surface area contributed by atoms with Crippen molar-refractivity contribution in [3.63, 3.8) is 0 Å². The molecule has 0 saturated heterocycles. The predicted octanol–water partition coefficient (Wildman–Crippen LogP) is 2.90. The summed E-state index contributed by atoms with van der Waals surface area (Å²) in [5.41, 5.74) is 1.69. The Labute approximate surface area is 122 Å². The predicted molar refractivity (Wildman–Crippen MR) is 78.9 cm³/mol. The van der Waals surface area contributed by atoms with Crippen LogP contribution in [0.25, 0.3) is 0 Å². The van der Waals surface area contributed by atoms with Crippen molar-refractivity contribution < 1.29 is 9.32 Å². The van der Waals surface area contributed by atoms with Gasteiger partial charge in [0.25, 0.3) is 0 Å². The molecule has 1 aromatic carbocycles. The van der Waals surface area contributed by atoms with Crippen molar-refractivity contribution in [3.05, 3.63) is 36.0 Å². The quantitative estimate of drug-likeness (QED) is 0.883. The third-order valence-corrected chi connectivity index (χ3v) is 3.38. The Morgan fingerprint density at radius 1 is 1.38 bits per heavy atom. The number of nitrogens with zero attached hydrogens (tertiary/aromatic N) is 2. The molecule has 0 spiro atoms. The number of hydrogen-bond acceptors (Lipinski definition) is 5. The van der Waals surface area contributed by atoms with E-state index in [1.165, 1.54) is 0 Å². The van der Waals surface area contributed by atoms with Crippen LogP contribution in [0.5, 0.6) is 0 Å². The van der Waals surface area contributed by atoms with Crippen LogP contribution in [0, 0.1) is 12.8 Å². The summed E-state index contributed by atoms with van der Waals surface area (Å²) in [6, 6.07) is 7.52. The van der Waals surface area contributed by atoms with Gasteiger partial charge in [0, 0.05) is 17.3 Å². The van der Waals surface area contributed by atoms with Crippen molar-refractivity contribution in [1.29, 1.82) is 0 Å². The first-order valence-electron chi connectivity index (χ1n) is 7.09. The van der Waals surface area contributed by atoms with Gasteiger partial charge in [0.1, 0.15) is 6.04 Å². The van der Waals surface area contributed by atoms with Crippen molar-refractivity contribution in [2.45, 2.75) is 32.7 Å². The van der Waals surface area contributed by atoms with Crippen LogP contribution in [0.4, 0.5) is 11.4 Å². The van der Waals surface area contributed by atoms with E-state index in [1.54, 1.807) is 6.92 Å².